The highest BCUT2D eigenvalue weighted by molar-refractivity contribution is 8.00. The third-order valence-corrected chi connectivity index (χ3v) is 3.10. The zero-order valence-corrected chi connectivity index (χ0v) is 11.5. The van der Waals surface area contributed by atoms with Gasteiger partial charge in [-0.2, -0.15) is 0 Å². The summed E-state index contributed by atoms with van der Waals surface area (Å²) >= 11 is 1.04. The SMILES string of the molecule is CC(C)(C)OC(=O)CSc1c(F)cccc1CO. The topological polar surface area (TPSA) is 46.5 Å². The summed E-state index contributed by atoms with van der Waals surface area (Å²) in [6.07, 6.45) is 0. The summed E-state index contributed by atoms with van der Waals surface area (Å²) in [5.74, 6) is -0.819. The summed E-state index contributed by atoms with van der Waals surface area (Å²) < 4.78 is 18.7. The Morgan fingerprint density at radius 3 is 2.67 bits per heavy atom. The van der Waals surface area contributed by atoms with Gasteiger partial charge in [-0.25, -0.2) is 4.39 Å². The molecule has 1 aromatic carbocycles. The monoisotopic (exact) mass is 272 g/mol. The third kappa shape index (κ3) is 4.66. The Morgan fingerprint density at radius 2 is 2.11 bits per heavy atom. The molecule has 0 unspecified atom stereocenters. The second-order valence-electron chi connectivity index (χ2n) is 4.76. The smallest absolute Gasteiger partial charge is 0.316 e. The Morgan fingerprint density at radius 1 is 1.44 bits per heavy atom. The fourth-order valence-electron chi connectivity index (χ4n) is 1.34. The minimum Gasteiger partial charge on any atom is -0.459 e. The zero-order valence-electron chi connectivity index (χ0n) is 10.7. The molecule has 0 fully saturated rings. The van der Waals surface area contributed by atoms with Crippen LogP contribution in [0.1, 0.15) is 26.3 Å². The number of rotatable bonds is 4. The number of hydrogen-bond donors (Lipinski definition) is 1. The molecule has 0 spiro atoms. The third-order valence-electron chi connectivity index (χ3n) is 1.97. The van der Waals surface area contributed by atoms with Crippen LogP contribution >= 0.6 is 11.8 Å². The molecule has 1 rings (SSSR count). The second kappa shape index (κ2) is 6.20. The Labute approximate surface area is 110 Å². The first kappa shape index (κ1) is 15.0. The van der Waals surface area contributed by atoms with Crippen LogP contribution in [0, 0.1) is 5.82 Å². The number of ether oxygens (including phenoxy) is 1. The van der Waals surface area contributed by atoms with E-state index in [1.807, 2.05) is 0 Å². The largest absolute Gasteiger partial charge is 0.459 e. The molecule has 0 aliphatic carbocycles. The second-order valence-corrected chi connectivity index (χ2v) is 5.75. The fraction of sp³-hybridized carbons (Fsp3) is 0.462. The van der Waals surface area contributed by atoms with Crippen LogP contribution in [0.25, 0.3) is 0 Å². The van der Waals surface area contributed by atoms with Crippen LogP contribution in [0.5, 0.6) is 0 Å². The number of aliphatic hydroxyl groups excluding tert-OH is 1. The molecule has 5 heteroatoms. The van der Waals surface area contributed by atoms with Crippen LogP contribution in [-0.2, 0) is 16.1 Å². The van der Waals surface area contributed by atoms with Crippen LogP contribution in [0.3, 0.4) is 0 Å². The zero-order chi connectivity index (χ0) is 13.8. The predicted octanol–water partition coefficient (Wildman–Crippen LogP) is 2.75. The molecule has 1 aromatic rings. The summed E-state index contributed by atoms with van der Waals surface area (Å²) in [5.41, 5.74) is -0.0734. The predicted molar refractivity (Wildman–Crippen MR) is 68.9 cm³/mol. The molecular weight excluding hydrogens is 255 g/mol. The number of benzene rings is 1. The first-order valence-electron chi connectivity index (χ1n) is 5.56. The maximum atomic E-state index is 13.5. The van der Waals surface area contributed by atoms with Gasteiger partial charge < -0.3 is 9.84 Å². The van der Waals surface area contributed by atoms with E-state index in [4.69, 9.17) is 9.84 Å². The number of halogens is 1. The van der Waals surface area contributed by atoms with Gasteiger partial charge in [0.05, 0.1) is 12.4 Å². The van der Waals surface area contributed by atoms with E-state index in [-0.39, 0.29) is 12.4 Å². The van der Waals surface area contributed by atoms with E-state index in [9.17, 15) is 9.18 Å². The maximum absolute atomic E-state index is 13.5. The van der Waals surface area contributed by atoms with E-state index in [1.165, 1.54) is 12.1 Å². The molecule has 0 heterocycles. The Hall–Kier alpha value is -1.07. The van der Waals surface area contributed by atoms with E-state index in [0.717, 1.165) is 11.8 Å². The van der Waals surface area contributed by atoms with Gasteiger partial charge in [-0.1, -0.05) is 12.1 Å². The van der Waals surface area contributed by atoms with Gasteiger partial charge in [0.2, 0.25) is 0 Å². The van der Waals surface area contributed by atoms with Crippen molar-refractivity contribution in [3.63, 3.8) is 0 Å². The number of thioether (sulfide) groups is 1. The number of carbonyl (C=O) groups excluding carboxylic acids is 1. The van der Waals surface area contributed by atoms with Crippen molar-refractivity contribution in [2.45, 2.75) is 37.9 Å². The Balaban J connectivity index is 2.66. The van der Waals surface area contributed by atoms with Crippen LogP contribution in [0.2, 0.25) is 0 Å². The van der Waals surface area contributed by atoms with Gasteiger partial charge in [0.15, 0.2) is 0 Å². The number of carbonyl (C=O) groups is 1. The van der Waals surface area contributed by atoms with Gasteiger partial charge in [0, 0.05) is 4.90 Å². The lowest BCUT2D eigenvalue weighted by Gasteiger charge is -2.19. The van der Waals surface area contributed by atoms with E-state index >= 15 is 0 Å². The fourth-order valence-corrected chi connectivity index (χ4v) is 2.19. The number of hydrogen-bond acceptors (Lipinski definition) is 4. The van der Waals surface area contributed by atoms with Crippen molar-refractivity contribution in [1.29, 1.82) is 0 Å². The highest BCUT2D eigenvalue weighted by Crippen LogP contribution is 2.26. The van der Waals surface area contributed by atoms with Crippen LogP contribution in [0.15, 0.2) is 23.1 Å². The minimum absolute atomic E-state index is 0.0191. The van der Waals surface area contributed by atoms with Crippen molar-refractivity contribution in [2.75, 3.05) is 5.75 Å². The Kier molecular flexibility index (Phi) is 5.16. The molecule has 0 atom stereocenters. The quantitative estimate of drug-likeness (QED) is 0.676. The van der Waals surface area contributed by atoms with Gasteiger partial charge in [-0.05, 0) is 32.4 Å². The van der Waals surface area contributed by atoms with E-state index in [1.54, 1.807) is 26.8 Å². The van der Waals surface area contributed by atoms with Crippen molar-refractivity contribution in [3.8, 4) is 0 Å². The molecule has 0 aromatic heterocycles. The van der Waals surface area contributed by atoms with E-state index in [2.05, 4.69) is 0 Å². The maximum Gasteiger partial charge on any atom is 0.316 e. The molecule has 0 radical (unpaired) electrons. The lowest BCUT2D eigenvalue weighted by molar-refractivity contribution is -0.151. The summed E-state index contributed by atoms with van der Waals surface area (Å²) in [6, 6.07) is 4.45. The summed E-state index contributed by atoms with van der Waals surface area (Å²) in [4.78, 5) is 11.8. The van der Waals surface area contributed by atoms with Crippen molar-refractivity contribution < 1.29 is 19.0 Å². The molecular formula is C13H17FO3S. The minimum atomic E-state index is -0.549. The van der Waals surface area contributed by atoms with Gasteiger partial charge in [0.1, 0.15) is 11.4 Å². The van der Waals surface area contributed by atoms with Gasteiger partial charge in [0.25, 0.3) is 0 Å². The summed E-state index contributed by atoms with van der Waals surface area (Å²) in [5, 5.41) is 9.10. The normalized spacial score (nSPS) is 11.4. The highest BCUT2D eigenvalue weighted by atomic mass is 32.2. The van der Waals surface area contributed by atoms with Gasteiger partial charge in [-0.3, -0.25) is 4.79 Å². The van der Waals surface area contributed by atoms with E-state index in [0.29, 0.717) is 10.5 Å². The summed E-state index contributed by atoms with van der Waals surface area (Å²) in [7, 11) is 0. The average molecular weight is 272 g/mol. The lowest BCUT2D eigenvalue weighted by Crippen LogP contribution is -2.25. The molecule has 0 amide bonds. The molecule has 0 saturated heterocycles. The molecule has 18 heavy (non-hydrogen) atoms. The summed E-state index contributed by atoms with van der Waals surface area (Å²) in [6.45, 7) is 5.07. The van der Waals surface area contributed by atoms with Gasteiger partial charge >= 0.3 is 5.97 Å². The molecule has 100 valence electrons. The molecule has 0 bridgehead atoms. The highest BCUT2D eigenvalue weighted by Gasteiger charge is 2.17. The van der Waals surface area contributed by atoms with Crippen molar-refractivity contribution in [3.05, 3.63) is 29.6 Å². The molecule has 1 N–H and O–H groups in total. The average Bonchev–Trinajstić information content (AvgIpc) is 2.24. The number of aliphatic hydroxyl groups is 1. The Bertz CT molecular complexity index is 427. The molecule has 3 nitrogen and oxygen atoms in total. The van der Waals surface area contributed by atoms with Crippen molar-refractivity contribution >= 4 is 17.7 Å². The van der Waals surface area contributed by atoms with Crippen molar-refractivity contribution in [2.24, 2.45) is 0 Å². The van der Waals surface area contributed by atoms with E-state index < -0.39 is 17.4 Å². The van der Waals surface area contributed by atoms with Crippen LogP contribution < -0.4 is 0 Å². The standard InChI is InChI=1S/C13H17FO3S/c1-13(2,3)17-11(16)8-18-12-9(7-15)5-4-6-10(12)14/h4-6,15H,7-8H2,1-3H3. The first-order chi connectivity index (χ1) is 8.33. The molecule has 0 aliphatic rings. The first-order valence-corrected chi connectivity index (χ1v) is 6.55. The molecule has 0 aliphatic heterocycles. The van der Waals surface area contributed by atoms with Crippen LogP contribution in [-0.4, -0.2) is 22.4 Å². The van der Waals surface area contributed by atoms with Gasteiger partial charge in [-0.15, -0.1) is 11.8 Å². The molecule has 0 saturated carbocycles. The van der Waals surface area contributed by atoms with Crippen molar-refractivity contribution in [1.82, 2.24) is 0 Å². The number of esters is 1. The lowest BCUT2D eigenvalue weighted by atomic mass is 10.2. The van der Waals surface area contributed by atoms with Crippen LogP contribution in [0.4, 0.5) is 4.39 Å².